The Morgan fingerprint density at radius 2 is 1.93 bits per heavy atom. The van der Waals surface area contributed by atoms with Crippen molar-refractivity contribution in [1.29, 1.82) is 0 Å². The van der Waals surface area contributed by atoms with Gasteiger partial charge in [-0.1, -0.05) is 0 Å². The Bertz CT molecular complexity index is 996. The lowest BCUT2D eigenvalue weighted by Gasteiger charge is -2.08. The van der Waals surface area contributed by atoms with Crippen molar-refractivity contribution in [2.75, 3.05) is 6.54 Å². The first kappa shape index (κ1) is 18.8. The summed E-state index contributed by atoms with van der Waals surface area (Å²) in [5, 5.41) is 12.5. The zero-order chi connectivity index (χ0) is 19.6. The van der Waals surface area contributed by atoms with E-state index in [0.29, 0.717) is 4.88 Å². The molecule has 3 rings (SSSR count). The average molecular weight is 397 g/mol. The Hall–Kier alpha value is -2.95. The summed E-state index contributed by atoms with van der Waals surface area (Å²) in [6.07, 6.45) is -3.62. The van der Waals surface area contributed by atoms with Gasteiger partial charge < -0.3 is 10.6 Å². The van der Waals surface area contributed by atoms with E-state index in [-0.39, 0.29) is 30.5 Å². The van der Waals surface area contributed by atoms with Crippen molar-refractivity contribution < 1.29 is 22.8 Å². The normalized spacial score (nSPS) is 11.6. The molecule has 142 valence electrons. The highest BCUT2D eigenvalue weighted by Gasteiger charge is 2.31. The van der Waals surface area contributed by atoms with E-state index in [1.54, 1.807) is 12.1 Å². The summed E-state index contributed by atoms with van der Waals surface area (Å²) in [4.78, 5) is 25.2. The minimum Gasteiger partial charge on any atom is -0.347 e. The van der Waals surface area contributed by atoms with Crippen LogP contribution in [0.1, 0.15) is 25.9 Å². The zero-order valence-electron chi connectivity index (χ0n) is 14.0. The molecule has 7 nitrogen and oxygen atoms in total. The standard InChI is InChI=1S/C16H14F3N5O2S/c1-9-2-4-11(27-9)15(26)21-7-14(25)20-6-13-23-22-12-5-3-10(8-24(12)13)16(17,18)19/h2-5,8H,6-7H2,1H3,(H,20,25)(H,21,26). The van der Waals surface area contributed by atoms with E-state index in [1.165, 1.54) is 17.4 Å². The average Bonchev–Trinajstić information content (AvgIpc) is 3.22. The van der Waals surface area contributed by atoms with Crippen molar-refractivity contribution in [3.05, 3.63) is 51.6 Å². The highest BCUT2D eigenvalue weighted by atomic mass is 32.1. The molecular formula is C16H14F3N5O2S. The molecule has 3 aromatic rings. The minimum atomic E-state index is -4.50. The van der Waals surface area contributed by atoms with Crippen LogP contribution < -0.4 is 10.6 Å². The molecule has 0 aliphatic heterocycles. The molecule has 0 atom stereocenters. The van der Waals surface area contributed by atoms with Crippen molar-refractivity contribution in [2.45, 2.75) is 19.6 Å². The Labute approximate surface area is 155 Å². The first-order valence-electron chi connectivity index (χ1n) is 7.76. The van der Waals surface area contributed by atoms with Crippen LogP contribution in [-0.4, -0.2) is 33.0 Å². The summed E-state index contributed by atoms with van der Waals surface area (Å²) in [6.45, 7) is 1.47. The molecular weight excluding hydrogens is 383 g/mol. The van der Waals surface area contributed by atoms with Crippen LogP contribution in [0.25, 0.3) is 5.65 Å². The van der Waals surface area contributed by atoms with Gasteiger partial charge in [0.2, 0.25) is 5.91 Å². The van der Waals surface area contributed by atoms with Gasteiger partial charge >= 0.3 is 6.18 Å². The van der Waals surface area contributed by atoms with Crippen LogP contribution in [0.2, 0.25) is 0 Å². The number of thiophene rings is 1. The van der Waals surface area contributed by atoms with Crippen molar-refractivity contribution in [3.63, 3.8) is 0 Å². The quantitative estimate of drug-likeness (QED) is 0.691. The maximum Gasteiger partial charge on any atom is 0.417 e. The lowest BCUT2D eigenvalue weighted by Crippen LogP contribution is -2.36. The van der Waals surface area contributed by atoms with Crippen LogP contribution in [0.5, 0.6) is 0 Å². The van der Waals surface area contributed by atoms with Crippen LogP contribution in [0, 0.1) is 6.92 Å². The number of halogens is 3. The molecule has 0 saturated carbocycles. The minimum absolute atomic E-state index is 0.130. The van der Waals surface area contributed by atoms with E-state index in [0.717, 1.165) is 21.5 Å². The van der Waals surface area contributed by atoms with Gasteiger partial charge in [0.1, 0.15) is 0 Å². The van der Waals surface area contributed by atoms with E-state index in [4.69, 9.17) is 0 Å². The number of fused-ring (bicyclic) bond motifs is 1. The van der Waals surface area contributed by atoms with Crippen molar-refractivity contribution in [1.82, 2.24) is 25.2 Å². The summed E-state index contributed by atoms with van der Waals surface area (Å²) < 4.78 is 39.6. The monoisotopic (exact) mass is 397 g/mol. The van der Waals surface area contributed by atoms with Crippen molar-refractivity contribution in [2.24, 2.45) is 0 Å². The van der Waals surface area contributed by atoms with Gasteiger partial charge in [0, 0.05) is 11.1 Å². The van der Waals surface area contributed by atoms with E-state index in [1.807, 2.05) is 6.92 Å². The zero-order valence-corrected chi connectivity index (χ0v) is 14.8. The third-order valence-electron chi connectivity index (χ3n) is 3.62. The lowest BCUT2D eigenvalue weighted by atomic mass is 10.3. The predicted molar refractivity (Wildman–Crippen MR) is 91.2 cm³/mol. The van der Waals surface area contributed by atoms with Gasteiger partial charge in [-0.25, -0.2) is 0 Å². The third-order valence-corrected chi connectivity index (χ3v) is 4.62. The Morgan fingerprint density at radius 1 is 1.15 bits per heavy atom. The maximum atomic E-state index is 12.8. The topological polar surface area (TPSA) is 88.4 Å². The molecule has 2 amide bonds. The second kappa shape index (κ2) is 7.35. The summed E-state index contributed by atoms with van der Waals surface area (Å²) in [5.41, 5.74) is -0.616. The van der Waals surface area contributed by atoms with E-state index < -0.39 is 17.6 Å². The molecule has 0 aromatic carbocycles. The maximum absolute atomic E-state index is 12.8. The molecule has 0 aliphatic carbocycles. The van der Waals surface area contributed by atoms with Gasteiger partial charge in [0.05, 0.1) is 23.5 Å². The fourth-order valence-electron chi connectivity index (χ4n) is 2.27. The molecule has 3 aromatic heterocycles. The number of alkyl halides is 3. The Morgan fingerprint density at radius 3 is 2.59 bits per heavy atom. The van der Waals surface area contributed by atoms with Crippen LogP contribution in [-0.2, 0) is 17.5 Å². The number of aromatic nitrogens is 3. The van der Waals surface area contributed by atoms with Gasteiger partial charge in [-0.15, -0.1) is 21.5 Å². The fourth-order valence-corrected chi connectivity index (χ4v) is 3.05. The highest BCUT2D eigenvalue weighted by molar-refractivity contribution is 7.13. The van der Waals surface area contributed by atoms with Gasteiger partial charge in [-0.2, -0.15) is 13.2 Å². The number of amides is 2. The largest absolute Gasteiger partial charge is 0.417 e. The van der Waals surface area contributed by atoms with Crippen molar-refractivity contribution in [3.8, 4) is 0 Å². The van der Waals surface area contributed by atoms with Gasteiger partial charge in [0.15, 0.2) is 11.5 Å². The molecule has 0 unspecified atom stereocenters. The molecule has 2 N–H and O–H groups in total. The number of rotatable bonds is 5. The predicted octanol–water partition coefficient (Wildman–Crippen LogP) is 2.16. The first-order valence-corrected chi connectivity index (χ1v) is 8.58. The number of hydrogen-bond acceptors (Lipinski definition) is 5. The van der Waals surface area contributed by atoms with Gasteiger partial charge in [-0.3, -0.25) is 14.0 Å². The third kappa shape index (κ3) is 4.42. The van der Waals surface area contributed by atoms with Crippen molar-refractivity contribution >= 4 is 28.8 Å². The summed E-state index contributed by atoms with van der Waals surface area (Å²) in [6, 6.07) is 5.57. The summed E-state index contributed by atoms with van der Waals surface area (Å²) in [7, 11) is 0. The number of carbonyl (C=O) groups is 2. The van der Waals surface area contributed by atoms with E-state index in [2.05, 4.69) is 20.8 Å². The SMILES string of the molecule is Cc1ccc(C(=O)NCC(=O)NCc2nnc3ccc(C(F)(F)F)cn23)s1. The fraction of sp³-hybridized carbons (Fsp3) is 0.250. The molecule has 11 heteroatoms. The molecule has 3 heterocycles. The number of carbonyl (C=O) groups excluding carboxylic acids is 2. The van der Waals surface area contributed by atoms with E-state index >= 15 is 0 Å². The molecule has 0 saturated heterocycles. The molecule has 0 spiro atoms. The number of hydrogen-bond donors (Lipinski definition) is 2. The summed E-state index contributed by atoms with van der Waals surface area (Å²) in [5.74, 6) is -0.726. The smallest absolute Gasteiger partial charge is 0.347 e. The number of pyridine rings is 1. The van der Waals surface area contributed by atoms with Gasteiger partial charge in [-0.05, 0) is 31.2 Å². The molecule has 0 bridgehead atoms. The second-order valence-corrected chi connectivity index (χ2v) is 6.92. The second-order valence-electron chi connectivity index (χ2n) is 5.63. The first-order chi connectivity index (χ1) is 12.7. The Balaban J connectivity index is 1.59. The van der Waals surface area contributed by atoms with Crippen LogP contribution in [0.4, 0.5) is 13.2 Å². The van der Waals surface area contributed by atoms with Crippen LogP contribution >= 0.6 is 11.3 Å². The van der Waals surface area contributed by atoms with Crippen LogP contribution in [0.15, 0.2) is 30.5 Å². The lowest BCUT2D eigenvalue weighted by molar-refractivity contribution is -0.137. The number of aryl methyl sites for hydroxylation is 1. The van der Waals surface area contributed by atoms with E-state index in [9.17, 15) is 22.8 Å². The number of nitrogens with one attached hydrogen (secondary N) is 2. The molecule has 0 aliphatic rings. The Kier molecular flexibility index (Phi) is 5.13. The van der Waals surface area contributed by atoms with Crippen LogP contribution in [0.3, 0.4) is 0 Å². The molecule has 0 fully saturated rings. The summed E-state index contributed by atoms with van der Waals surface area (Å²) >= 11 is 1.31. The molecule has 0 radical (unpaired) electrons. The van der Waals surface area contributed by atoms with Gasteiger partial charge in [0.25, 0.3) is 5.91 Å². The highest BCUT2D eigenvalue weighted by Crippen LogP contribution is 2.29. The molecule has 27 heavy (non-hydrogen) atoms. The number of nitrogens with zero attached hydrogens (tertiary/aromatic N) is 3.